The molecule has 1 N–H and O–H groups in total. The summed E-state index contributed by atoms with van der Waals surface area (Å²) in [6.07, 6.45) is 3.31. The molecule has 0 aliphatic carbocycles. The van der Waals surface area contributed by atoms with E-state index in [-0.39, 0.29) is 12.3 Å². The molecule has 2 unspecified atom stereocenters. The Kier molecular flexibility index (Phi) is 4.49. The summed E-state index contributed by atoms with van der Waals surface area (Å²) >= 11 is 0. The molecule has 2 aromatic rings. The van der Waals surface area contributed by atoms with Gasteiger partial charge in [-0.1, -0.05) is 67.6 Å². The Morgan fingerprint density at radius 2 is 1.62 bits per heavy atom. The van der Waals surface area contributed by atoms with Crippen molar-refractivity contribution in [1.29, 1.82) is 0 Å². The fourth-order valence-electron chi connectivity index (χ4n) is 2.67. The molecule has 0 fully saturated rings. The topological polar surface area (TPSA) is 21.3 Å². The van der Waals surface area contributed by atoms with E-state index in [1.807, 2.05) is 12.1 Å². The van der Waals surface area contributed by atoms with E-state index in [2.05, 4.69) is 66.8 Å². The Morgan fingerprint density at radius 1 is 0.952 bits per heavy atom. The minimum Gasteiger partial charge on any atom is -0.347 e. The van der Waals surface area contributed by atoms with Crippen molar-refractivity contribution in [1.82, 2.24) is 5.32 Å². The first-order valence-electron chi connectivity index (χ1n) is 7.59. The third kappa shape index (κ3) is 3.23. The summed E-state index contributed by atoms with van der Waals surface area (Å²) in [5, 5.41) is 3.43. The van der Waals surface area contributed by atoms with Gasteiger partial charge in [0.25, 0.3) is 0 Å². The summed E-state index contributed by atoms with van der Waals surface area (Å²) < 4.78 is 6.21. The molecule has 2 atom stereocenters. The van der Waals surface area contributed by atoms with E-state index in [0.29, 0.717) is 0 Å². The number of hydrogen-bond acceptors (Lipinski definition) is 2. The molecular weight excluding hydrogens is 258 g/mol. The summed E-state index contributed by atoms with van der Waals surface area (Å²) in [6.45, 7) is 3.13. The van der Waals surface area contributed by atoms with Crippen LogP contribution in [0, 0.1) is 0 Å². The van der Waals surface area contributed by atoms with Crippen LogP contribution in [0.2, 0.25) is 0 Å². The van der Waals surface area contributed by atoms with Gasteiger partial charge in [-0.25, -0.2) is 0 Å². The minimum atomic E-state index is -0.00892. The smallest absolute Gasteiger partial charge is 0.129 e. The van der Waals surface area contributed by atoms with Crippen LogP contribution in [0.5, 0.6) is 0 Å². The molecule has 1 aliphatic rings. The third-order valence-electron chi connectivity index (χ3n) is 3.70. The van der Waals surface area contributed by atoms with Gasteiger partial charge in [0.2, 0.25) is 0 Å². The van der Waals surface area contributed by atoms with Crippen molar-refractivity contribution in [2.75, 3.05) is 6.54 Å². The highest BCUT2D eigenvalue weighted by Gasteiger charge is 2.28. The van der Waals surface area contributed by atoms with E-state index >= 15 is 0 Å². The lowest BCUT2D eigenvalue weighted by atomic mass is 9.96. The van der Waals surface area contributed by atoms with Crippen LogP contribution in [0.4, 0.5) is 0 Å². The van der Waals surface area contributed by atoms with Crippen molar-refractivity contribution in [3.63, 3.8) is 0 Å². The van der Waals surface area contributed by atoms with Gasteiger partial charge in [0, 0.05) is 0 Å². The molecule has 1 aliphatic heterocycles. The van der Waals surface area contributed by atoms with Gasteiger partial charge in [-0.3, -0.25) is 5.32 Å². The van der Waals surface area contributed by atoms with Gasteiger partial charge in [0.05, 0.1) is 0 Å². The molecule has 0 bridgehead atoms. The van der Waals surface area contributed by atoms with Gasteiger partial charge < -0.3 is 4.74 Å². The van der Waals surface area contributed by atoms with E-state index in [9.17, 15) is 0 Å². The lowest BCUT2D eigenvalue weighted by Gasteiger charge is -2.18. The fourth-order valence-corrected chi connectivity index (χ4v) is 2.67. The van der Waals surface area contributed by atoms with Crippen LogP contribution in [0.1, 0.15) is 30.6 Å². The first-order chi connectivity index (χ1) is 10.4. The van der Waals surface area contributed by atoms with Gasteiger partial charge in [0.1, 0.15) is 12.3 Å². The standard InChI is InChI=1S/C19H21NO/c1-2-13-20-18-14-17(15-9-5-3-6-10-15)19(21-18)16-11-7-4-8-12-16/h3-12,14,18-20H,2,13H2,1H3. The fraction of sp³-hybridized carbons (Fsp3) is 0.263. The molecule has 0 radical (unpaired) electrons. The molecular formula is C19H21NO. The second-order valence-electron chi connectivity index (χ2n) is 5.29. The quantitative estimate of drug-likeness (QED) is 0.887. The highest BCUT2D eigenvalue weighted by atomic mass is 16.5. The summed E-state index contributed by atoms with van der Waals surface area (Å²) in [4.78, 5) is 0. The SMILES string of the molecule is CCCNC1C=C(c2ccccc2)C(c2ccccc2)O1. The Morgan fingerprint density at radius 3 is 2.29 bits per heavy atom. The summed E-state index contributed by atoms with van der Waals surface area (Å²) in [5.74, 6) is 0. The number of nitrogens with one attached hydrogen (secondary N) is 1. The van der Waals surface area contributed by atoms with E-state index in [0.717, 1.165) is 13.0 Å². The number of benzene rings is 2. The maximum absolute atomic E-state index is 6.21. The average molecular weight is 279 g/mol. The molecule has 0 saturated carbocycles. The first-order valence-corrected chi connectivity index (χ1v) is 7.59. The van der Waals surface area contributed by atoms with Gasteiger partial charge >= 0.3 is 0 Å². The summed E-state index contributed by atoms with van der Waals surface area (Å²) in [5.41, 5.74) is 3.68. The lowest BCUT2D eigenvalue weighted by Crippen LogP contribution is -2.28. The number of hydrogen-bond donors (Lipinski definition) is 1. The molecule has 1 heterocycles. The molecule has 2 aromatic carbocycles. The van der Waals surface area contributed by atoms with Crippen molar-refractivity contribution in [3.8, 4) is 0 Å². The maximum Gasteiger partial charge on any atom is 0.129 e. The largest absolute Gasteiger partial charge is 0.347 e. The molecule has 0 saturated heterocycles. The van der Waals surface area contributed by atoms with Crippen molar-refractivity contribution in [2.45, 2.75) is 25.7 Å². The Balaban J connectivity index is 1.90. The van der Waals surface area contributed by atoms with Gasteiger partial charge in [-0.2, -0.15) is 0 Å². The Bertz CT molecular complexity index is 591. The second-order valence-corrected chi connectivity index (χ2v) is 5.29. The van der Waals surface area contributed by atoms with Gasteiger partial charge in [-0.15, -0.1) is 0 Å². The Labute approximate surface area is 126 Å². The van der Waals surface area contributed by atoms with Crippen LogP contribution in [-0.2, 0) is 4.74 Å². The number of rotatable bonds is 5. The molecule has 0 aromatic heterocycles. The molecule has 0 amide bonds. The van der Waals surface area contributed by atoms with E-state index in [1.54, 1.807) is 0 Å². The zero-order valence-electron chi connectivity index (χ0n) is 12.3. The van der Waals surface area contributed by atoms with Gasteiger partial charge in [-0.05, 0) is 35.7 Å². The summed E-state index contributed by atoms with van der Waals surface area (Å²) in [7, 11) is 0. The predicted octanol–water partition coefficient (Wildman–Crippen LogP) is 4.17. The van der Waals surface area contributed by atoms with Gasteiger partial charge in [0.15, 0.2) is 0 Å². The van der Waals surface area contributed by atoms with Crippen LogP contribution in [0.3, 0.4) is 0 Å². The zero-order chi connectivity index (χ0) is 14.5. The molecule has 21 heavy (non-hydrogen) atoms. The summed E-state index contributed by atoms with van der Waals surface area (Å²) in [6, 6.07) is 20.9. The molecule has 2 heteroatoms. The molecule has 108 valence electrons. The van der Waals surface area contributed by atoms with Crippen molar-refractivity contribution < 1.29 is 4.74 Å². The van der Waals surface area contributed by atoms with Crippen LogP contribution < -0.4 is 5.32 Å². The van der Waals surface area contributed by atoms with Crippen molar-refractivity contribution in [2.24, 2.45) is 0 Å². The highest BCUT2D eigenvalue weighted by Crippen LogP contribution is 2.38. The average Bonchev–Trinajstić information content (AvgIpc) is 2.99. The van der Waals surface area contributed by atoms with Crippen LogP contribution in [-0.4, -0.2) is 12.8 Å². The number of ether oxygens (including phenoxy) is 1. The van der Waals surface area contributed by atoms with E-state index in [4.69, 9.17) is 4.74 Å². The third-order valence-corrected chi connectivity index (χ3v) is 3.70. The maximum atomic E-state index is 6.21. The molecule has 3 rings (SSSR count). The van der Waals surface area contributed by atoms with Crippen molar-refractivity contribution in [3.05, 3.63) is 77.9 Å². The molecule has 2 nitrogen and oxygen atoms in total. The predicted molar refractivity (Wildman–Crippen MR) is 86.8 cm³/mol. The van der Waals surface area contributed by atoms with Crippen LogP contribution in [0.25, 0.3) is 5.57 Å². The van der Waals surface area contributed by atoms with Crippen LogP contribution >= 0.6 is 0 Å². The van der Waals surface area contributed by atoms with E-state index in [1.165, 1.54) is 16.7 Å². The molecule has 0 spiro atoms. The normalized spacial score (nSPS) is 21.3. The highest BCUT2D eigenvalue weighted by molar-refractivity contribution is 5.72. The Hall–Kier alpha value is -1.90. The zero-order valence-corrected chi connectivity index (χ0v) is 12.3. The van der Waals surface area contributed by atoms with E-state index < -0.39 is 0 Å². The van der Waals surface area contributed by atoms with Crippen LogP contribution in [0.15, 0.2) is 66.7 Å². The lowest BCUT2D eigenvalue weighted by molar-refractivity contribution is 0.0441. The van der Waals surface area contributed by atoms with Crippen molar-refractivity contribution >= 4 is 5.57 Å². The first kappa shape index (κ1) is 14.1. The monoisotopic (exact) mass is 279 g/mol. The second kappa shape index (κ2) is 6.70. The minimum absolute atomic E-state index is 0.00274.